The molecule has 1 fully saturated rings. The van der Waals surface area contributed by atoms with Gasteiger partial charge in [0.15, 0.2) is 5.69 Å². The zero-order valence-corrected chi connectivity index (χ0v) is 17.2. The lowest BCUT2D eigenvalue weighted by molar-refractivity contribution is 0.102. The van der Waals surface area contributed by atoms with Gasteiger partial charge < -0.3 is 5.32 Å². The van der Waals surface area contributed by atoms with Crippen molar-refractivity contribution in [1.82, 2.24) is 24.8 Å². The van der Waals surface area contributed by atoms with Crippen molar-refractivity contribution >= 4 is 11.7 Å². The van der Waals surface area contributed by atoms with Crippen LogP contribution in [0, 0.1) is 0 Å². The van der Waals surface area contributed by atoms with E-state index in [-0.39, 0.29) is 11.6 Å². The Hall–Kier alpha value is -3.74. The van der Waals surface area contributed by atoms with Crippen LogP contribution in [0.3, 0.4) is 0 Å². The van der Waals surface area contributed by atoms with Gasteiger partial charge in [-0.1, -0.05) is 66.6 Å². The van der Waals surface area contributed by atoms with Crippen molar-refractivity contribution in [3.05, 3.63) is 89.9 Å². The molecule has 5 rings (SSSR count). The molecule has 2 aromatic carbocycles. The summed E-state index contributed by atoms with van der Waals surface area (Å²) in [4.78, 5) is 12.9. The minimum Gasteiger partial charge on any atom is -0.305 e. The van der Waals surface area contributed by atoms with E-state index in [1.54, 1.807) is 15.6 Å². The third-order valence-corrected chi connectivity index (χ3v) is 5.70. The fourth-order valence-electron chi connectivity index (χ4n) is 4.11. The Morgan fingerprint density at radius 3 is 2.45 bits per heavy atom. The van der Waals surface area contributed by atoms with Gasteiger partial charge in [-0.05, 0) is 30.5 Å². The Kier molecular flexibility index (Phi) is 5.31. The fourth-order valence-corrected chi connectivity index (χ4v) is 4.11. The highest BCUT2D eigenvalue weighted by molar-refractivity contribution is 6.02. The van der Waals surface area contributed by atoms with E-state index in [1.165, 1.54) is 12.8 Å². The SMILES string of the molecule is O=C(Nc1cc(C2CCCC2)nn1-c1ccccc1)c1cn(Cc2ccccc2)nn1. The van der Waals surface area contributed by atoms with Crippen molar-refractivity contribution < 1.29 is 4.79 Å². The molecule has 4 aromatic rings. The summed E-state index contributed by atoms with van der Waals surface area (Å²) in [6.07, 6.45) is 6.42. The molecular formula is C24H24N6O. The smallest absolute Gasteiger partial charge is 0.278 e. The highest BCUT2D eigenvalue weighted by Crippen LogP contribution is 2.35. The standard InChI is InChI=1S/C24H24N6O/c31-24(22-17-29(28-26-22)16-18-9-3-1-4-10-18)25-23-15-21(19-11-7-8-12-19)27-30(23)20-13-5-2-6-14-20/h1-6,9-10,13-15,17,19H,7-8,11-12,16H2,(H,25,31). The van der Waals surface area contributed by atoms with Crippen molar-refractivity contribution in [2.45, 2.75) is 38.1 Å². The molecule has 0 spiro atoms. The third kappa shape index (κ3) is 4.26. The van der Waals surface area contributed by atoms with Gasteiger partial charge in [-0.15, -0.1) is 5.10 Å². The highest BCUT2D eigenvalue weighted by atomic mass is 16.2. The van der Waals surface area contributed by atoms with Crippen LogP contribution in [0.1, 0.15) is 53.3 Å². The molecule has 31 heavy (non-hydrogen) atoms. The predicted octanol–water partition coefficient (Wildman–Crippen LogP) is 4.42. The first-order chi connectivity index (χ1) is 15.3. The summed E-state index contributed by atoms with van der Waals surface area (Å²) >= 11 is 0. The molecule has 2 aromatic heterocycles. The molecule has 1 aliphatic rings. The molecule has 1 saturated carbocycles. The van der Waals surface area contributed by atoms with E-state index in [9.17, 15) is 4.79 Å². The molecule has 1 aliphatic carbocycles. The second-order valence-electron chi connectivity index (χ2n) is 7.92. The number of benzene rings is 2. The Labute approximate surface area is 180 Å². The van der Waals surface area contributed by atoms with Gasteiger partial charge in [-0.2, -0.15) is 5.10 Å². The van der Waals surface area contributed by atoms with Gasteiger partial charge in [-0.3, -0.25) is 4.79 Å². The number of hydrogen-bond acceptors (Lipinski definition) is 4. The van der Waals surface area contributed by atoms with E-state index < -0.39 is 0 Å². The van der Waals surface area contributed by atoms with Gasteiger partial charge in [0.2, 0.25) is 0 Å². The predicted molar refractivity (Wildman–Crippen MR) is 118 cm³/mol. The van der Waals surface area contributed by atoms with Crippen LogP contribution in [0.15, 0.2) is 72.9 Å². The van der Waals surface area contributed by atoms with Crippen LogP contribution in [-0.4, -0.2) is 30.7 Å². The van der Waals surface area contributed by atoms with Crippen molar-refractivity contribution in [2.24, 2.45) is 0 Å². The molecule has 0 unspecified atom stereocenters. The molecule has 0 aliphatic heterocycles. The fraction of sp³-hybridized carbons (Fsp3) is 0.250. The van der Waals surface area contributed by atoms with Crippen molar-refractivity contribution in [3.8, 4) is 5.69 Å². The maximum atomic E-state index is 12.9. The van der Waals surface area contributed by atoms with E-state index in [4.69, 9.17) is 5.10 Å². The van der Waals surface area contributed by atoms with Crippen molar-refractivity contribution in [1.29, 1.82) is 0 Å². The van der Waals surface area contributed by atoms with Crippen molar-refractivity contribution in [3.63, 3.8) is 0 Å². The lowest BCUT2D eigenvalue weighted by atomic mass is 10.0. The summed E-state index contributed by atoms with van der Waals surface area (Å²) in [5, 5.41) is 16.0. The van der Waals surface area contributed by atoms with Gasteiger partial charge in [0.25, 0.3) is 5.91 Å². The van der Waals surface area contributed by atoms with Crippen LogP contribution in [0.2, 0.25) is 0 Å². The van der Waals surface area contributed by atoms with Gasteiger partial charge in [-0.25, -0.2) is 9.36 Å². The first-order valence-corrected chi connectivity index (χ1v) is 10.7. The normalized spacial score (nSPS) is 14.1. The number of carbonyl (C=O) groups is 1. The van der Waals surface area contributed by atoms with Gasteiger partial charge in [0.1, 0.15) is 5.82 Å². The number of anilines is 1. The van der Waals surface area contributed by atoms with Crippen LogP contribution < -0.4 is 5.32 Å². The Morgan fingerprint density at radius 1 is 1.00 bits per heavy atom. The first-order valence-electron chi connectivity index (χ1n) is 10.7. The quantitative estimate of drug-likeness (QED) is 0.508. The lowest BCUT2D eigenvalue weighted by Crippen LogP contribution is -2.15. The second-order valence-corrected chi connectivity index (χ2v) is 7.92. The summed E-state index contributed by atoms with van der Waals surface area (Å²) < 4.78 is 3.47. The molecule has 0 atom stereocenters. The lowest BCUT2D eigenvalue weighted by Gasteiger charge is -2.07. The zero-order valence-electron chi connectivity index (χ0n) is 17.2. The molecule has 0 saturated heterocycles. The summed E-state index contributed by atoms with van der Waals surface area (Å²) in [6, 6.07) is 21.8. The minimum absolute atomic E-state index is 0.277. The van der Waals surface area contributed by atoms with Crippen LogP contribution in [-0.2, 0) is 6.54 Å². The number of amides is 1. The van der Waals surface area contributed by atoms with Gasteiger partial charge >= 0.3 is 0 Å². The zero-order chi connectivity index (χ0) is 21.0. The molecule has 1 N–H and O–H groups in total. The summed E-state index contributed by atoms with van der Waals surface area (Å²) in [5.74, 6) is 0.803. The Bertz CT molecular complexity index is 1160. The van der Waals surface area contributed by atoms with Crippen LogP contribution in [0.4, 0.5) is 5.82 Å². The van der Waals surface area contributed by atoms with Crippen LogP contribution >= 0.6 is 0 Å². The van der Waals surface area contributed by atoms with E-state index in [1.807, 2.05) is 66.7 Å². The summed E-state index contributed by atoms with van der Waals surface area (Å²) in [5.41, 5.74) is 3.32. The minimum atomic E-state index is -0.297. The average molecular weight is 412 g/mol. The topological polar surface area (TPSA) is 77.6 Å². The molecule has 1 amide bonds. The maximum absolute atomic E-state index is 12.9. The highest BCUT2D eigenvalue weighted by Gasteiger charge is 2.23. The number of nitrogens with zero attached hydrogens (tertiary/aromatic N) is 5. The van der Waals surface area contributed by atoms with E-state index in [0.29, 0.717) is 18.3 Å². The molecule has 2 heterocycles. The molecule has 0 bridgehead atoms. The number of aromatic nitrogens is 5. The number of hydrogen-bond donors (Lipinski definition) is 1. The monoisotopic (exact) mass is 412 g/mol. The third-order valence-electron chi connectivity index (χ3n) is 5.70. The number of nitrogens with one attached hydrogen (secondary N) is 1. The second kappa shape index (κ2) is 8.55. The molecule has 156 valence electrons. The number of carbonyl (C=O) groups excluding carboxylic acids is 1. The van der Waals surface area contributed by atoms with Crippen LogP contribution in [0.5, 0.6) is 0 Å². The maximum Gasteiger partial charge on any atom is 0.278 e. The summed E-state index contributed by atoms with van der Waals surface area (Å²) in [6.45, 7) is 0.564. The van der Waals surface area contributed by atoms with E-state index >= 15 is 0 Å². The van der Waals surface area contributed by atoms with Gasteiger partial charge in [0, 0.05) is 12.0 Å². The molecule has 0 radical (unpaired) electrons. The molecular weight excluding hydrogens is 388 g/mol. The Morgan fingerprint density at radius 2 is 1.71 bits per heavy atom. The number of rotatable bonds is 6. The van der Waals surface area contributed by atoms with Crippen LogP contribution in [0.25, 0.3) is 5.69 Å². The molecule has 7 nitrogen and oxygen atoms in total. The van der Waals surface area contributed by atoms with Crippen molar-refractivity contribution in [2.75, 3.05) is 5.32 Å². The largest absolute Gasteiger partial charge is 0.305 e. The summed E-state index contributed by atoms with van der Waals surface area (Å²) in [7, 11) is 0. The Balaban J connectivity index is 1.38. The van der Waals surface area contributed by atoms with E-state index in [0.717, 1.165) is 29.8 Å². The van der Waals surface area contributed by atoms with Gasteiger partial charge in [0.05, 0.1) is 24.1 Å². The average Bonchev–Trinajstić information content (AvgIpc) is 3.56. The molecule has 7 heteroatoms. The van der Waals surface area contributed by atoms with E-state index in [2.05, 4.69) is 15.6 Å². The first kappa shape index (κ1) is 19.2. The number of para-hydroxylation sites is 1.